The first-order chi connectivity index (χ1) is 10.8. The first-order valence-electron chi connectivity index (χ1n) is 6.29. The van der Waals surface area contributed by atoms with Crippen molar-refractivity contribution in [2.75, 3.05) is 14.2 Å². The number of methoxy groups -OCH3 is 2. The molecule has 0 radical (unpaired) electrons. The third kappa shape index (κ3) is 4.05. The standard InChI is InChI=1S/C10H9BrN2O3.C5H5N/c1-14-7-3-6(10-12-5-13-16-10)4-8(15-2)9(7)11;1-2-4-6-5-3-1/h3-5H,1-2H3;1-5H. The zero-order valence-corrected chi connectivity index (χ0v) is 13.6. The maximum Gasteiger partial charge on any atom is 0.257 e. The van der Waals surface area contributed by atoms with Crippen molar-refractivity contribution in [2.24, 2.45) is 0 Å². The Kier molecular flexibility index (Phi) is 5.91. The monoisotopic (exact) mass is 363 g/mol. The third-order valence-electron chi connectivity index (χ3n) is 2.62. The summed E-state index contributed by atoms with van der Waals surface area (Å²) >= 11 is 3.38. The highest BCUT2D eigenvalue weighted by atomic mass is 79.9. The van der Waals surface area contributed by atoms with Crippen LogP contribution < -0.4 is 9.47 Å². The van der Waals surface area contributed by atoms with Crippen LogP contribution in [0, 0.1) is 0 Å². The average molecular weight is 364 g/mol. The lowest BCUT2D eigenvalue weighted by molar-refractivity contribution is 0.388. The van der Waals surface area contributed by atoms with E-state index in [0.717, 1.165) is 10.0 Å². The van der Waals surface area contributed by atoms with Crippen LogP contribution >= 0.6 is 15.9 Å². The van der Waals surface area contributed by atoms with E-state index in [-0.39, 0.29) is 0 Å². The number of ether oxygens (including phenoxy) is 2. The van der Waals surface area contributed by atoms with E-state index >= 15 is 0 Å². The molecule has 2 heterocycles. The lowest BCUT2D eigenvalue weighted by Crippen LogP contribution is -1.91. The fourth-order valence-electron chi connectivity index (χ4n) is 1.61. The van der Waals surface area contributed by atoms with Gasteiger partial charge in [-0.3, -0.25) is 4.98 Å². The molecule has 0 spiro atoms. The smallest absolute Gasteiger partial charge is 0.257 e. The molecule has 7 heteroatoms. The lowest BCUT2D eigenvalue weighted by atomic mass is 10.2. The third-order valence-corrected chi connectivity index (χ3v) is 3.40. The summed E-state index contributed by atoms with van der Waals surface area (Å²) in [5, 5.41) is 3.55. The van der Waals surface area contributed by atoms with Gasteiger partial charge in [0.25, 0.3) is 5.89 Å². The van der Waals surface area contributed by atoms with Crippen LogP contribution in [0.2, 0.25) is 0 Å². The van der Waals surface area contributed by atoms with E-state index in [2.05, 4.69) is 31.1 Å². The molecular weight excluding hydrogens is 350 g/mol. The molecule has 0 aliphatic carbocycles. The van der Waals surface area contributed by atoms with Crippen molar-refractivity contribution in [3.63, 3.8) is 0 Å². The first kappa shape index (κ1) is 16.0. The molecule has 0 atom stereocenters. The second kappa shape index (κ2) is 8.14. The van der Waals surface area contributed by atoms with Crippen LogP contribution in [-0.2, 0) is 0 Å². The van der Waals surface area contributed by atoms with Crippen LogP contribution in [0.5, 0.6) is 11.5 Å². The van der Waals surface area contributed by atoms with Crippen molar-refractivity contribution in [3.05, 3.63) is 53.5 Å². The van der Waals surface area contributed by atoms with E-state index in [1.807, 2.05) is 18.2 Å². The van der Waals surface area contributed by atoms with Gasteiger partial charge >= 0.3 is 0 Å². The Bertz CT molecular complexity index is 639. The molecule has 0 bridgehead atoms. The van der Waals surface area contributed by atoms with E-state index in [1.54, 1.807) is 38.7 Å². The van der Waals surface area contributed by atoms with Gasteiger partial charge in [0.15, 0.2) is 6.33 Å². The van der Waals surface area contributed by atoms with Gasteiger partial charge in [-0.25, -0.2) is 0 Å². The van der Waals surface area contributed by atoms with Gasteiger partial charge in [-0.15, -0.1) is 0 Å². The molecule has 0 saturated carbocycles. The van der Waals surface area contributed by atoms with Crippen molar-refractivity contribution >= 4 is 15.9 Å². The number of benzene rings is 1. The number of nitrogens with zero attached hydrogens (tertiary/aromatic N) is 3. The SMILES string of the molecule is COc1cc(-c2ncno2)cc(OC)c1Br.c1ccncc1. The Balaban J connectivity index is 0.000000246. The van der Waals surface area contributed by atoms with Crippen molar-refractivity contribution in [3.8, 4) is 23.0 Å². The van der Waals surface area contributed by atoms with Gasteiger partial charge in [0, 0.05) is 18.0 Å². The maximum atomic E-state index is 5.21. The largest absolute Gasteiger partial charge is 0.495 e. The van der Waals surface area contributed by atoms with Gasteiger partial charge in [0.1, 0.15) is 16.0 Å². The normalized spacial score (nSPS) is 9.59. The summed E-state index contributed by atoms with van der Waals surface area (Å²) in [4.78, 5) is 7.75. The van der Waals surface area contributed by atoms with Crippen molar-refractivity contribution in [1.82, 2.24) is 15.1 Å². The quantitative estimate of drug-likeness (QED) is 0.707. The van der Waals surface area contributed by atoms with Crippen LogP contribution in [0.3, 0.4) is 0 Å². The molecule has 0 aliphatic rings. The molecule has 6 nitrogen and oxygen atoms in total. The summed E-state index contributed by atoms with van der Waals surface area (Å²) in [5.41, 5.74) is 0.745. The molecule has 114 valence electrons. The Morgan fingerprint density at radius 1 is 1.00 bits per heavy atom. The lowest BCUT2D eigenvalue weighted by Gasteiger charge is -2.09. The number of pyridine rings is 1. The van der Waals surface area contributed by atoms with Gasteiger partial charge in [0.05, 0.1) is 14.2 Å². The van der Waals surface area contributed by atoms with Gasteiger partial charge in [-0.2, -0.15) is 4.98 Å². The van der Waals surface area contributed by atoms with E-state index in [1.165, 1.54) is 6.33 Å². The topological polar surface area (TPSA) is 70.3 Å². The minimum absolute atomic E-state index is 0.420. The van der Waals surface area contributed by atoms with Gasteiger partial charge in [-0.05, 0) is 40.2 Å². The molecular formula is C15H14BrN3O3. The van der Waals surface area contributed by atoms with Crippen molar-refractivity contribution in [2.45, 2.75) is 0 Å². The Morgan fingerprint density at radius 3 is 2.00 bits per heavy atom. The summed E-state index contributed by atoms with van der Waals surface area (Å²) in [6.07, 6.45) is 4.84. The number of rotatable bonds is 3. The molecule has 0 amide bonds. The Morgan fingerprint density at radius 2 is 1.64 bits per heavy atom. The zero-order chi connectivity index (χ0) is 15.8. The number of hydrogen-bond donors (Lipinski definition) is 0. The summed E-state index contributed by atoms with van der Waals surface area (Å²) in [5.74, 6) is 1.71. The molecule has 0 N–H and O–H groups in total. The number of hydrogen-bond acceptors (Lipinski definition) is 6. The Labute approximate surface area is 136 Å². The number of halogens is 1. The summed E-state index contributed by atoms with van der Waals surface area (Å²) in [6.45, 7) is 0. The van der Waals surface area contributed by atoms with Crippen LogP contribution in [0.15, 0.2) is 58.0 Å². The molecule has 22 heavy (non-hydrogen) atoms. The summed E-state index contributed by atoms with van der Waals surface area (Å²) in [6, 6.07) is 9.30. The average Bonchev–Trinajstić information content (AvgIpc) is 3.12. The van der Waals surface area contributed by atoms with Crippen LogP contribution in [-0.4, -0.2) is 29.3 Å². The summed E-state index contributed by atoms with van der Waals surface area (Å²) in [7, 11) is 3.16. The Hall–Kier alpha value is -2.41. The fraction of sp³-hybridized carbons (Fsp3) is 0.133. The van der Waals surface area contributed by atoms with Crippen LogP contribution in [0.4, 0.5) is 0 Å². The second-order valence-electron chi connectivity index (χ2n) is 3.97. The molecule has 1 aromatic carbocycles. The van der Waals surface area contributed by atoms with Crippen molar-refractivity contribution < 1.29 is 14.0 Å². The minimum Gasteiger partial charge on any atom is -0.495 e. The van der Waals surface area contributed by atoms with E-state index in [4.69, 9.17) is 14.0 Å². The van der Waals surface area contributed by atoms with E-state index in [9.17, 15) is 0 Å². The van der Waals surface area contributed by atoms with Crippen LogP contribution in [0.1, 0.15) is 0 Å². The maximum absolute atomic E-state index is 5.21. The number of aromatic nitrogens is 3. The highest BCUT2D eigenvalue weighted by Crippen LogP contribution is 2.38. The fourth-order valence-corrected chi connectivity index (χ4v) is 2.16. The molecule has 0 unspecified atom stereocenters. The van der Waals surface area contributed by atoms with Gasteiger partial charge in [-0.1, -0.05) is 11.2 Å². The second-order valence-corrected chi connectivity index (χ2v) is 4.76. The predicted molar refractivity (Wildman–Crippen MR) is 84.8 cm³/mol. The summed E-state index contributed by atoms with van der Waals surface area (Å²) < 4.78 is 16.1. The van der Waals surface area contributed by atoms with Crippen LogP contribution in [0.25, 0.3) is 11.5 Å². The minimum atomic E-state index is 0.420. The highest BCUT2D eigenvalue weighted by Gasteiger charge is 2.13. The van der Waals surface area contributed by atoms with E-state index < -0.39 is 0 Å². The molecule has 0 aliphatic heterocycles. The van der Waals surface area contributed by atoms with E-state index in [0.29, 0.717) is 17.4 Å². The molecule has 3 aromatic rings. The first-order valence-corrected chi connectivity index (χ1v) is 7.09. The highest BCUT2D eigenvalue weighted by molar-refractivity contribution is 9.10. The predicted octanol–water partition coefficient (Wildman–Crippen LogP) is 3.60. The molecule has 2 aromatic heterocycles. The molecule has 0 fully saturated rings. The molecule has 3 rings (SSSR count). The zero-order valence-electron chi connectivity index (χ0n) is 12.1. The van der Waals surface area contributed by atoms with Gasteiger partial charge in [0.2, 0.25) is 0 Å². The van der Waals surface area contributed by atoms with Crippen molar-refractivity contribution in [1.29, 1.82) is 0 Å². The van der Waals surface area contributed by atoms with Gasteiger partial charge < -0.3 is 14.0 Å². The molecule has 0 saturated heterocycles.